The number of benzene rings is 7. The summed E-state index contributed by atoms with van der Waals surface area (Å²) in [5.41, 5.74) is 6.88. The maximum atomic E-state index is 12.5. The van der Waals surface area contributed by atoms with Gasteiger partial charge in [-0.05, 0) is 101 Å². The van der Waals surface area contributed by atoms with Crippen molar-refractivity contribution in [2.24, 2.45) is 20.5 Å². The summed E-state index contributed by atoms with van der Waals surface area (Å²) < 4.78 is 114. The average molecular weight is 901 g/mol. The SMILES string of the molecule is COc1cc(-c2ccc(N=Nc3c(S(=O)(=O)O)cc4cc(S(=O)(=O)O)cc(N)c4c3O)c(OC)c2)ccc1N=Nc1c(S(=O)(=O)O)cc2cc(Nc3ccccc3)ccc2c1O. The first-order valence-electron chi connectivity index (χ1n) is 17.6. The smallest absolute Gasteiger partial charge is 0.296 e. The molecule has 0 atom stereocenters. The molecule has 7 rings (SSSR count). The van der Waals surface area contributed by atoms with Crippen LogP contribution in [0.15, 0.2) is 144 Å². The molecule has 0 aromatic heterocycles. The molecule has 0 aliphatic heterocycles. The summed E-state index contributed by atoms with van der Waals surface area (Å²) in [5, 5.41) is 41.6. The average Bonchev–Trinajstić information content (AvgIpc) is 3.21. The molecule has 7 aromatic rings. The number of hydrogen-bond acceptors (Lipinski definition) is 16. The molecule has 22 heteroatoms. The molecule has 0 heterocycles. The number of hydrogen-bond donors (Lipinski definition) is 7. The van der Waals surface area contributed by atoms with Crippen LogP contribution < -0.4 is 20.5 Å². The Labute approximate surface area is 352 Å². The summed E-state index contributed by atoms with van der Waals surface area (Å²) in [5.74, 6) is -1.15. The number of nitrogens with two attached hydrogens (primary N) is 1. The summed E-state index contributed by atoms with van der Waals surface area (Å²) in [6.07, 6.45) is 0. The van der Waals surface area contributed by atoms with Crippen molar-refractivity contribution < 1.29 is 58.6 Å². The maximum absolute atomic E-state index is 12.5. The van der Waals surface area contributed by atoms with Crippen LogP contribution in [0.5, 0.6) is 23.0 Å². The van der Waals surface area contributed by atoms with E-state index in [9.17, 15) is 49.1 Å². The van der Waals surface area contributed by atoms with Gasteiger partial charge in [-0.15, -0.1) is 20.5 Å². The van der Waals surface area contributed by atoms with Crippen LogP contribution in [-0.2, 0) is 30.4 Å². The van der Waals surface area contributed by atoms with Crippen molar-refractivity contribution in [1.29, 1.82) is 0 Å². The predicted molar refractivity (Wildman–Crippen MR) is 228 cm³/mol. The predicted octanol–water partition coefficient (Wildman–Crippen LogP) is 8.99. The molecule has 0 saturated carbocycles. The summed E-state index contributed by atoms with van der Waals surface area (Å²) >= 11 is 0. The van der Waals surface area contributed by atoms with E-state index in [1.807, 2.05) is 30.3 Å². The minimum absolute atomic E-state index is 0.0256. The molecule has 318 valence electrons. The zero-order valence-electron chi connectivity index (χ0n) is 32.0. The van der Waals surface area contributed by atoms with E-state index in [1.54, 1.807) is 36.4 Å². The number of ether oxygens (including phenoxy) is 2. The summed E-state index contributed by atoms with van der Waals surface area (Å²) in [6.45, 7) is 0. The highest BCUT2D eigenvalue weighted by Gasteiger charge is 2.26. The third-order valence-corrected chi connectivity index (χ3v) is 11.9. The van der Waals surface area contributed by atoms with Crippen molar-refractivity contribution in [2.45, 2.75) is 14.7 Å². The monoisotopic (exact) mass is 900 g/mol. The molecular formula is C40H32N6O13S3. The number of nitrogens with one attached hydrogen (secondary N) is 1. The molecule has 0 spiro atoms. The van der Waals surface area contributed by atoms with Crippen LogP contribution in [0.4, 0.5) is 39.8 Å². The van der Waals surface area contributed by atoms with Gasteiger partial charge in [-0.1, -0.05) is 30.3 Å². The minimum Gasteiger partial charge on any atom is -0.505 e. The number of aromatic hydroxyl groups is 2. The molecule has 62 heavy (non-hydrogen) atoms. The van der Waals surface area contributed by atoms with Crippen LogP contribution in [0, 0.1) is 0 Å². The fourth-order valence-corrected chi connectivity index (χ4v) is 8.30. The molecule has 8 N–H and O–H groups in total. The second-order valence-corrected chi connectivity index (χ2v) is 17.5. The van der Waals surface area contributed by atoms with Gasteiger partial charge in [-0.2, -0.15) is 25.3 Å². The normalized spacial score (nSPS) is 12.4. The lowest BCUT2D eigenvalue weighted by molar-refractivity contribution is 0.415. The molecule has 0 saturated heterocycles. The Kier molecular flexibility index (Phi) is 11.3. The Morgan fingerprint density at radius 2 is 1.08 bits per heavy atom. The van der Waals surface area contributed by atoms with Gasteiger partial charge in [-0.3, -0.25) is 13.7 Å². The van der Waals surface area contributed by atoms with Crippen molar-refractivity contribution in [2.75, 3.05) is 25.3 Å². The molecule has 0 unspecified atom stereocenters. The van der Waals surface area contributed by atoms with Gasteiger partial charge >= 0.3 is 0 Å². The molecule has 19 nitrogen and oxygen atoms in total. The number of phenolic OH excluding ortho intramolecular Hbond substituents is 2. The van der Waals surface area contributed by atoms with Crippen LogP contribution >= 0.6 is 0 Å². The number of fused-ring (bicyclic) bond motifs is 2. The van der Waals surface area contributed by atoms with Crippen LogP contribution in [0.1, 0.15) is 0 Å². The number of anilines is 3. The van der Waals surface area contributed by atoms with Gasteiger partial charge in [0.2, 0.25) is 0 Å². The number of nitrogens with zero attached hydrogens (tertiary/aromatic N) is 4. The number of rotatable bonds is 12. The third kappa shape index (κ3) is 8.67. The first-order chi connectivity index (χ1) is 29.3. The number of nitrogen functional groups attached to an aromatic ring is 1. The fourth-order valence-electron chi connectivity index (χ4n) is 6.43. The van der Waals surface area contributed by atoms with E-state index >= 15 is 0 Å². The molecule has 0 radical (unpaired) electrons. The largest absolute Gasteiger partial charge is 0.505 e. The summed E-state index contributed by atoms with van der Waals surface area (Å²) in [4.78, 5) is -2.33. The maximum Gasteiger partial charge on any atom is 0.296 e. The number of azo groups is 2. The molecule has 0 aliphatic carbocycles. The van der Waals surface area contributed by atoms with E-state index in [-0.39, 0.29) is 44.7 Å². The number of para-hydroxylation sites is 1. The van der Waals surface area contributed by atoms with Gasteiger partial charge in [0.05, 0.1) is 19.1 Å². The molecule has 0 fully saturated rings. The first kappa shape index (κ1) is 42.9. The number of phenols is 2. The van der Waals surface area contributed by atoms with Crippen LogP contribution in [0.3, 0.4) is 0 Å². The topological polar surface area (TPSA) is 310 Å². The van der Waals surface area contributed by atoms with E-state index in [0.29, 0.717) is 22.2 Å². The van der Waals surface area contributed by atoms with E-state index < -0.39 is 67.9 Å². The summed E-state index contributed by atoms with van der Waals surface area (Å²) in [7, 11) is -12.1. The first-order valence-corrected chi connectivity index (χ1v) is 21.9. The van der Waals surface area contributed by atoms with Gasteiger partial charge < -0.3 is 30.7 Å². The van der Waals surface area contributed by atoms with Crippen molar-refractivity contribution in [1.82, 2.24) is 0 Å². The zero-order chi connectivity index (χ0) is 44.7. The lowest BCUT2D eigenvalue weighted by atomic mass is 10.0. The fraction of sp³-hybridized carbons (Fsp3) is 0.0500. The second kappa shape index (κ2) is 16.3. The van der Waals surface area contributed by atoms with Crippen LogP contribution in [0.25, 0.3) is 32.7 Å². The highest BCUT2D eigenvalue weighted by atomic mass is 32.2. The lowest BCUT2D eigenvalue weighted by Gasteiger charge is -2.12. The quantitative estimate of drug-likeness (QED) is 0.0342. The minimum atomic E-state index is -5.11. The molecular weight excluding hydrogens is 869 g/mol. The Bertz CT molecular complexity index is 3370. The van der Waals surface area contributed by atoms with Crippen LogP contribution in [0.2, 0.25) is 0 Å². The number of methoxy groups -OCH3 is 2. The lowest BCUT2D eigenvalue weighted by Crippen LogP contribution is -2.02. The highest BCUT2D eigenvalue weighted by molar-refractivity contribution is 7.86. The molecule has 0 aliphatic rings. The van der Waals surface area contributed by atoms with Gasteiger partial charge in [-0.25, -0.2) is 0 Å². The van der Waals surface area contributed by atoms with E-state index in [4.69, 9.17) is 15.2 Å². The summed E-state index contributed by atoms with van der Waals surface area (Å²) in [6, 6.07) is 26.9. The van der Waals surface area contributed by atoms with Gasteiger partial charge in [0.15, 0.2) is 11.5 Å². The second-order valence-electron chi connectivity index (χ2n) is 13.3. The van der Waals surface area contributed by atoms with Gasteiger partial charge in [0.25, 0.3) is 30.4 Å². The Morgan fingerprint density at radius 1 is 0.548 bits per heavy atom. The zero-order valence-corrected chi connectivity index (χ0v) is 34.4. The standard InChI is InChI=1S/C40H32N6O13S3/c1-58-32-16-21(8-12-30(32)43-45-37-34(61(52,53)54)18-23-14-26(10-11-28(23)39(37)47)42-25-6-4-3-5-7-25)22-9-13-31(33(17-22)59-2)44-46-38-35(62(55,56)57)19-24-15-27(60(49,50)51)20-29(41)36(24)40(38)48/h3-20,42,47-48H,41H2,1-2H3,(H,49,50,51)(H,52,53,54)(H,55,56,57). The van der Waals surface area contributed by atoms with Crippen molar-refractivity contribution in [3.8, 4) is 34.1 Å². The molecule has 0 amide bonds. The Balaban J connectivity index is 1.21. The third-order valence-electron chi connectivity index (χ3n) is 9.33. The Hall–Kier alpha value is -7.21. The van der Waals surface area contributed by atoms with Gasteiger partial charge in [0, 0.05) is 27.8 Å². The highest BCUT2D eigenvalue weighted by Crippen LogP contribution is 2.46. The van der Waals surface area contributed by atoms with Crippen molar-refractivity contribution >= 4 is 91.7 Å². The van der Waals surface area contributed by atoms with Gasteiger partial charge in [0.1, 0.15) is 44.0 Å². The Morgan fingerprint density at radius 3 is 1.60 bits per heavy atom. The molecule has 0 bridgehead atoms. The van der Waals surface area contributed by atoms with Crippen LogP contribution in [-0.4, -0.2) is 63.3 Å². The van der Waals surface area contributed by atoms with E-state index in [0.717, 1.165) is 23.9 Å². The molecule has 7 aromatic carbocycles. The van der Waals surface area contributed by atoms with E-state index in [1.165, 1.54) is 38.5 Å². The van der Waals surface area contributed by atoms with Crippen molar-refractivity contribution in [3.63, 3.8) is 0 Å². The van der Waals surface area contributed by atoms with Crippen molar-refractivity contribution in [3.05, 3.63) is 109 Å². The van der Waals surface area contributed by atoms with E-state index in [2.05, 4.69) is 25.8 Å².